The molecule has 31 heavy (non-hydrogen) atoms. The Hall–Kier alpha value is -2.75. The molecule has 0 amide bonds. The van der Waals surface area contributed by atoms with Crippen LogP contribution in [0.2, 0.25) is 0 Å². The lowest BCUT2D eigenvalue weighted by Crippen LogP contribution is -2.54. The fourth-order valence-corrected chi connectivity index (χ4v) is 3.80. The number of nitrogens with one attached hydrogen (secondary N) is 1. The van der Waals surface area contributed by atoms with Gasteiger partial charge in [-0.15, -0.1) is 11.8 Å². The zero-order chi connectivity index (χ0) is 22.6. The quantitative estimate of drug-likeness (QED) is 0.321. The minimum Gasteiger partial charge on any atom is -0.475 e. The molecule has 9 heteroatoms. The van der Waals surface area contributed by atoms with E-state index in [1.807, 2.05) is 37.4 Å². The largest absolute Gasteiger partial charge is 0.475 e. The number of hydrogen-bond acceptors (Lipinski definition) is 7. The SMILES string of the molecule is CCC(Cc1ccc2c(c1)OC(C(=O)O)(C(=O)O)O2)NCC(O)c1cccc(SC)c1. The van der Waals surface area contributed by atoms with Gasteiger partial charge in [-0.1, -0.05) is 25.1 Å². The van der Waals surface area contributed by atoms with Crippen molar-refractivity contribution in [1.29, 1.82) is 0 Å². The Kier molecular flexibility index (Phi) is 7.09. The summed E-state index contributed by atoms with van der Waals surface area (Å²) in [6, 6.07) is 12.6. The third kappa shape index (κ3) is 4.95. The Morgan fingerprint density at radius 1 is 1.10 bits per heavy atom. The predicted molar refractivity (Wildman–Crippen MR) is 115 cm³/mol. The van der Waals surface area contributed by atoms with Crippen LogP contribution in [0.5, 0.6) is 11.5 Å². The summed E-state index contributed by atoms with van der Waals surface area (Å²) in [6.07, 6.45) is 2.71. The summed E-state index contributed by atoms with van der Waals surface area (Å²) >= 11 is 1.62. The number of thioether (sulfide) groups is 1. The van der Waals surface area contributed by atoms with Crippen molar-refractivity contribution in [3.63, 3.8) is 0 Å². The molecule has 0 saturated carbocycles. The highest BCUT2D eigenvalue weighted by Gasteiger charge is 2.57. The first-order valence-electron chi connectivity index (χ1n) is 9.82. The summed E-state index contributed by atoms with van der Waals surface area (Å²) in [4.78, 5) is 23.9. The first kappa shape index (κ1) is 22.9. The number of aliphatic carboxylic acids is 2. The Labute approximate surface area is 184 Å². The van der Waals surface area contributed by atoms with Crippen LogP contribution in [-0.2, 0) is 16.0 Å². The molecule has 0 bridgehead atoms. The summed E-state index contributed by atoms with van der Waals surface area (Å²) in [6.45, 7) is 2.40. The van der Waals surface area contributed by atoms with Gasteiger partial charge >= 0.3 is 17.7 Å². The number of ether oxygens (including phenoxy) is 2. The Bertz CT molecular complexity index is 951. The molecule has 0 aromatic heterocycles. The standard InChI is InChI=1S/C22H25NO7S/c1-3-15(23-12-17(24)14-5-4-6-16(11-14)31-2)9-13-7-8-18-19(10-13)30-22(29-18,20(25)26)21(27)28/h4-8,10-11,15,17,23-24H,3,9,12H2,1-2H3,(H,25,26)(H,27,28). The summed E-state index contributed by atoms with van der Waals surface area (Å²) in [5, 5.41) is 32.4. The van der Waals surface area contributed by atoms with Crippen LogP contribution in [0, 0.1) is 0 Å². The number of fused-ring (bicyclic) bond motifs is 1. The normalized spacial score (nSPS) is 16.0. The number of aliphatic hydroxyl groups is 1. The maximum atomic E-state index is 11.4. The third-order valence-electron chi connectivity index (χ3n) is 5.13. The van der Waals surface area contributed by atoms with E-state index < -0.39 is 23.8 Å². The third-order valence-corrected chi connectivity index (χ3v) is 5.86. The van der Waals surface area contributed by atoms with E-state index in [1.54, 1.807) is 23.9 Å². The molecule has 0 spiro atoms. The van der Waals surface area contributed by atoms with E-state index in [0.717, 1.165) is 22.4 Å². The fraction of sp³-hybridized carbons (Fsp3) is 0.364. The van der Waals surface area contributed by atoms with Crippen molar-refractivity contribution in [2.75, 3.05) is 12.8 Å². The van der Waals surface area contributed by atoms with Gasteiger partial charge in [0.05, 0.1) is 6.10 Å². The number of carbonyl (C=O) groups is 2. The number of benzene rings is 2. The summed E-state index contributed by atoms with van der Waals surface area (Å²) in [5.74, 6) is -6.08. The van der Waals surface area contributed by atoms with Gasteiger partial charge in [0.15, 0.2) is 11.5 Å². The van der Waals surface area contributed by atoms with Gasteiger partial charge in [-0.05, 0) is 54.5 Å². The van der Waals surface area contributed by atoms with E-state index in [1.165, 1.54) is 6.07 Å². The van der Waals surface area contributed by atoms with Gasteiger partial charge in [-0.25, -0.2) is 9.59 Å². The maximum absolute atomic E-state index is 11.4. The van der Waals surface area contributed by atoms with Crippen LogP contribution in [-0.4, -0.2) is 51.9 Å². The van der Waals surface area contributed by atoms with Crippen molar-refractivity contribution in [3.8, 4) is 11.5 Å². The molecule has 1 aliphatic rings. The van der Waals surface area contributed by atoms with Crippen LogP contribution in [0.1, 0.15) is 30.6 Å². The molecule has 3 rings (SSSR count). The van der Waals surface area contributed by atoms with Crippen molar-refractivity contribution >= 4 is 23.7 Å². The van der Waals surface area contributed by atoms with Crippen LogP contribution in [0.25, 0.3) is 0 Å². The van der Waals surface area contributed by atoms with Gasteiger partial charge in [0, 0.05) is 17.5 Å². The second kappa shape index (κ2) is 9.59. The minimum atomic E-state index is -2.77. The monoisotopic (exact) mass is 447 g/mol. The first-order chi connectivity index (χ1) is 14.8. The van der Waals surface area contributed by atoms with Crippen molar-refractivity contribution in [1.82, 2.24) is 5.32 Å². The first-order valence-corrected chi connectivity index (χ1v) is 11.0. The molecule has 0 aliphatic carbocycles. The lowest BCUT2D eigenvalue weighted by atomic mass is 10.0. The van der Waals surface area contributed by atoms with E-state index >= 15 is 0 Å². The zero-order valence-electron chi connectivity index (χ0n) is 17.2. The summed E-state index contributed by atoms with van der Waals surface area (Å²) < 4.78 is 10.2. The molecule has 166 valence electrons. The molecule has 1 aliphatic heterocycles. The van der Waals surface area contributed by atoms with Crippen LogP contribution in [0.3, 0.4) is 0 Å². The molecule has 2 aromatic rings. The summed E-state index contributed by atoms with van der Waals surface area (Å²) in [7, 11) is 0. The molecule has 0 saturated heterocycles. The van der Waals surface area contributed by atoms with E-state index in [4.69, 9.17) is 9.47 Å². The van der Waals surface area contributed by atoms with Crippen molar-refractivity contribution < 1.29 is 34.4 Å². The highest BCUT2D eigenvalue weighted by Crippen LogP contribution is 2.40. The predicted octanol–water partition coefficient (Wildman–Crippen LogP) is 2.69. The maximum Gasteiger partial charge on any atom is 0.453 e. The lowest BCUT2D eigenvalue weighted by Gasteiger charge is -2.20. The molecule has 0 radical (unpaired) electrons. The van der Waals surface area contributed by atoms with Crippen molar-refractivity contribution in [2.24, 2.45) is 0 Å². The molecule has 2 aromatic carbocycles. The average molecular weight is 448 g/mol. The van der Waals surface area contributed by atoms with Crippen LogP contribution in [0.4, 0.5) is 0 Å². The highest BCUT2D eigenvalue weighted by atomic mass is 32.2. The number of rotatable bonds is 10. The van der Waals surface area contributed by atoms with Gasteiger partial charge in [0.2, 0.25) is 0 Å². The van der Waals surface area contributed by atoms with Gasteiger partial charge in [-0.3, -0.25) is 0 Å². The molecule has 2 atom stereocenters. The van der Waals surface area contributed by atoms with E-state index in [0.29, 0.717) is 13.0 Å². The van der Waals surface area contributed by atoms with Crippen molar-refractivity contribution in [3.05, 3.63) is 53.6 Å². The minimum absolute atomic E-state index is 0.0439. The fourth-order valence-electron chi connectivity index (χ4n) is 3.33. The van der Waals surface area contributed by atoms with Gasteiger partial charge in [-0.2, -0.15) is 0 Å². The van der Waals surface area contributed by atoms with Crippen LogP contribution >= 0.6 is 11.8 Å². The van der Waals surface area contributed by atoms with Crippen LogP contribution in [0.15, 0.2) is 47.4 Å². The Balaban J connectivity index is 1.64. The highest BCUT2D eigenvalue weighted by molar-refractivity contribution is 7.98. The number of carboxylic acid groups (broad SMARTS) is 2. The average Bonchev–Trinajstić information content (AvgIpc) is 3.17. The molecule has 4 N–H and O–H groups in total. The number of carboxylic acids is 2. The second-order valence-electron chi connectivity index (χ2n) is 7.22. The van der Waals surface area contributed by atoms with Gasteiger partial charge in [0.25, 0.3) is 0 Å². The van der Waals surface area contributed by atoms with Crippen LogP contribution < -0.4 is 14.8 Å². The molecular weight excluding hydrogens is 422 g/mol. The number of hydrogen-bond donors (Lipinski definition) is 4. The Morgan fingerprint density at radius 3 is 2.45 bits per heavy atom. The zero-order valence-corrected chi connectivity index (χ0v) is 18.0. The Morgan fingerprint density at radius 2 is 1.81 bits per heavy atom. The van der Waals surface area contributed by atoms with Crippen molar-refractivity contribution in [2.45, 2.75) is 42.6 Å². The molecule has 8 nitrogen and oxygen atoms in total. The number of aliphatic hydroxyl groups excluding tert-OH is 1. The molecule has 1 heterocycles. The summed E-state index contributed by atoms with van der Waals surface area (Å²) in [5.41, 5.74) is 1.67. The van der Waals surface area contributed by atoms with E-state index in [2.05, 4.69) is 5.32 Å². The lowest BCUT2D eigenvalue weighted by molar-refractivity contribution is -0.194. The van der Waals surface area contributed by atoms with Gasteiger partial charge in [0.1, 0.15) is 0 Å². The second-order valence-corrected chi connectivity index (χ2v) is 8.10. The topological polar surface area (TPSA) is 125 Å². The van der Waals surface area contributed by atoms with E-state index in [-0.39, 0.29) is 17.5 Å². The smallest absolute Gasteiger partial charge is 0.453 e. The molecule has 0 fully saturated rings. The molecular formula is C22H25NO7S. The van der Waals surface area contributed by atoms with E-state index in [9.17, 15) is 24.9 Å². The molecule has 2 unspecified atom stereocenters. The van der Waals surface area contributed by atoms with Gasteiger partial charge < -0.3 is 30.1 Å².